The average molecular weight is 396 g/mol. The zero-order valence-electron chi connectivity index (χ0n) is 16.3. The number of nitrogens with one attached hydrogen (secondary N) is 1. The Morgan fingerprint density at radius 2 is 1.64 bits per heavy atom. The van der Waals surface area contributed by atoms with Crippen LogP contribution >= 0.6 is 11.6 Å². The van der Waals surface area contributed by atoms with E-state index >= 15 is 0 Å². The van der Waals surface area contributed by atoms with Gasteiger partial charge in [-0.2, -0.15) is 0 Å². The minimum atomic E-state index is 0.271. The Balaban J connectivity index is 1.65. The molecule has 0 aromatic heterocycles. The summed E-state index contributed by atoms with van der Waals surface area (Å²) in [5.74, 6) is 1.47. The van der Waals surface area contributed by atoms with Gasteiger partial charge in [-0.25, -0.2) is 0 Å². The maximum Gasteiger partial charge on any atom is 0.161 e. The van der Waals surface area contributed by atoms with Crippen LogP contribution in [0.4, 0.5) is 0 Å². The first-order valence-corrected chi connectivity index (χ1v) is 9.95. The fourth-order valence-corrected chi connectivity index (χ4v) is 3.14. The average Bonchev–Trinajstić information content (AvgIpc) is 2.73. The van der Waals surface area contributed by atoms with Gasteiger partial charge in [-0.15, -0.1) is 0 Å². The molecule has 0 fully saturated rings. The number of halogens is 1. The summed E-state index contributed by atoms with van der Waals surface area (Å²) >= 11 is 6.22. The monoisotopic (exact) mass is 395 g/mol. The van der Waals surface area contributed by atoms with Gasteiger partial charge in [-0.3, -0.25) is 0 Å². The molecular formula is C24H26ClNO2. The summed E-state index contributed by atoms with van der Waals surface area (Å²) in [5.41, 5.74) is 3.37. The fourth-order valence-electron chi connectivity index (χ4n) is 2.95. The van der Waals surface area contributed by atoms with Crippen molar-refractivity contribution in [3.05, 3.63) is 94.5 Å². The van der Waals surface area contributed by atoms with E-state index in [-0.39, 0.29) is 6.04 Å². The van der Waals surface area contributed by atoms with Gasteiger partial charge >= 0.3 is 0 Å². The van der Waals surface area contributed by atoms with Gasteiger partial charge in [0, 0.05) is 23.2 Å². The highest BCUT2D eigenvalue weighted by Crippen LogP contribution is 2.30. The van der Waals surface area contributed by atoms with Crippen LogP contribution < -0.4 is 14.8 Å². The Kier molecular flexibility index (Phi) is 7.35. The zero-order chi connectivity index (χ0) is 19.8. The van der Waals surface area contributed by atoms with E-state index in [2.05, 4.69) is 42.6 Å². The third-order valence-corrected chi connectivity index (χ3v) is 4.93. The first-order valence-electron chi connectivity index (χ1n) is 9.57. The lowest BCUT2D eigenvalue weighted by molar-refractivity contribution is 0.269. The van der Waals surface area contributed by atoms with E-state index in [9.17, 15) is 0 Å². The molecule has 0 unspecified atom stereocenters. The number of ether oxygens (including phenoxy) is 2. The highest BCUT2D eigenvalue weighted by Gasteiger charge is 2.10. The lowest BCUT2D eigenvalue weighted by Crippen LogP contribution is -2.18. The SMILES string of the molecule is CCOc1cc(CN[C@H](C)c2ccccc2)ccc1OCc1ccccc1Cl. The number of hydrogen-bond donors (Lipinski definition) is 1. The molecule has 0 aliphatic carbocycles. The molecule has 3 aromatic carbocycles. The predicted octanol–water partition coefficient (Wildman–Crippen LogP) is 6.17. The fraction of sp³-hybridized carbons (Fsp3) is 0.250. The van der Waals surface area contributed by atoms with Crippen LogP contribution in [0.5, 0.6) is 11.5 Å². The molecule has 0 bridgehead atoms. The van der Waals surface area contributed by atoms with Crippen LogP contribution in [-0.2, 0) is 13.2 Å². The van der Waals surface area contributed by atoms with Crippen molar-refractivity contribution in [3.8, 4) is 11.5 Å². The normalized spacial score (nSPS) is 11.8. The van der Waals surface area contributed by atoms with E-state index in [1.165, 1.54) is 5.56 Å². The van der Waals surface area contributed by atoms with Gasteiger partial charge in [0.05, 0.1) is 6.61 Å². The molecule has 28 heavy (non-hydrogen) atoms. The van der Waals surface area contributed by atoms with Crippen molar-refractivity contribution in [2.24, 2.45) is 0 Å². The van der Waals surface area contributed by atoms with E-state index in [0.717, 1.165) is 29.2 Å². The molecule has 146 valence electrons. The van der Waals surface area contributed by atoms with Crippen molar-refractivity contribution in [2.45, 2.75) is 33.0 Å². The molecule has 0 aliphatic rings. The van der Waals surface area contributed by atoms with Gasteiger partial charge in [0.15, 0.2) is 11.5 Å². The maximum atomic E-state index is 6.22. The highest BCUT2D eigenvalue weighted by atomic mass is 35.5. The van der Waals surface area contributed by atoms with E-state index in [1.807, 2.05) is 49.4 Å². The van der Waals surface area contributed by atoms with Crippen LogP contribution in [0, 0.1) is 0 Å². The van der Waals surface area contributed by atoms with Crippen LogP contribution in [0.1, 0.15) is 36.6 Å². The number of hydrogen-bond acceptors (Lipinski definition) is 3. The van der Waals surface area contributed by atoms with Gasteiger partial charge in [-0.05, 0) is 43.2 Å². The van der Waals surface area contributed by atoms with Crippen LogP contribution in [0.3, 0.4) is 0 Å². The second kappa shape index (κ2) is 10.2. The summed E-state index contributed by atoms with van der Waals surface area (Å²) < 4.78 is 11.8. The van der Waals surface area contributed by atoms with Crippen LogP contribution in [0.2, 0.25) is 5.02 Å². The van der Waals surface area contributed by atoms with Crippen molar-refractivity contribution in [2.75, 3.05) is 6.61 Å². The van der Waals surface area contributed by atoms with Gasteiger partial charge in [0.1, 0.15) is 6.61 Å². The first kappa shape index (κ1) is 20.2. The molecule has 0 saturated heterocycles. The Morgan fingerprint density at radius 3 is 2.39 bits per heavy atom. The van der Waals surface area contributed by atoms with Crippen molar-refractivity contribution >= 4 is 11.6 Å². The minimum absolute atomic E-state index is 0.271. The lowest BCUT2D eigenvalue weighted by Gasteiger charge is -2.16. The van der Waals surface area contributed by atoms with Gasteiger partial charge in [0.2, 0.25) is 0 Å². The Bertz CT molecular complexity index is 883. The van der Waals surface area contributed by atoms with Crippen LogP contribution in [-0.4, -0.2) is 6.61 Å². The predicted molar refractivity (Wildman–Crippen MR) is 115 cm³/mol. The largest absolute Gasteiger partial charge is 0.490 e. The molecule has 1 atom stereocenters. The maximum absolute atomic E-state index is 6.22. The van der Waals surface area contributed by atoms with Crippen molar-refractivity contribution < 1.29 is 9.47 Å². The standard InChI is InChI=1S/C24H26ClNO2/c1-3-27-24-15-19(16-26-18(2)20-9-5-4-6-10-20)13-14-23(24)28-17-21-11-7-8-12-22(21)25/h4-15,18,26H,3,16-17H2,1-2H3/t18-/m1/s1. The van der Waals surface area contributed by atoms with Gasteiger partial charge in [0.25, 0.3) is 0 Å². The molecule has 3 nitrogen and oxygen atoms in total. The summed E-state index contributed by atoms with van der Waals surface area (Å²) in [6, 6.07) is 24.5. The molecule has 4 heteroatoms. The van der Waals surface area contributed by atoms with Crippen molar-refractivity contribution in [3.63, 3.8) is 0 Å². The Labute approximate surface area is 172 Å². The molecule has 1 N–H and O–H groups in total. The molecule has 0 spiro atoms. The Morgan fingerprint density at radius 1 is 0.893 bits per heavy atom. The van der Waals surface area contributed by atoms with E-state index < -0.39 is 0 Å². The third-order valence-electron chi connectivity index (χ3n) is 4.56. The van der Waals surface area contributed by atoms with Crippen molar-refractivity contribution in [1.29, 1.82) is 0 Å². The summed E-state index contributed by atoms with van der Waals surface area (Å²) in [4.78, 5) is 0. The van der Waals surface area contributed by atoms with Gasteiger partial charge < -0.3 is 14.8 Å². The zero-order valence-corrected chi connectivity index (χ0v) is 17.1. The molecule has 0 aliphatic heterocycles. The highest BCUT2D eigenvalue weighted by molar-refractivity contribution is 6.31. The Hall–Kier alpha value is -2.49. The summed E-state index contributed by atoms with van der Waals surface area (Å²) in [6.07, 6.45) is 0. The van der Waals surface area contributed by atoms with E-state index in [1.54, 1.807) is 0 Å². The van der Waals surface area contributed by atoms with Crippen LogP contribution in [0.25, 0.3) is 0 Å². The molecule has 3 rings (SSSR count). The minimum Gasteiger partial charge on any atom is -0.490 e. The number of rotatable bonds is 9. The lowest BCUT2D eigenvalue weighted by atomic mass is 10.1. The van der Waals surface area contributed by atoms with E-state index in [0.29, 0.717) is 18.2 Å². The van der Waals surface area contributed by atoms with Crippen molar-refractivity contribution in [1.82, 2.24) is 5.32 Å². The summed E-state index contributed by atoms with van der Waals surface area (Å²) in [6.45, 7) is 5.88. The molecule has 0 radical (unpaired) electrons. The second-order valence-electron chi connectivity index (χ2n) is 6.61. The summed E-state index contributed by atoms with van der Waals surface area (Å²) in [5, 5.41) is 4.26. The first-order chi connectivity index (χ1) is 13.7. The van der Waals surface area contributed by atoms with Crippen LogP contribution in [0.15, 0.2) is 72.8 Å². The molecular weight excluding hydrogens is 370 g/mol. The second-order valence-corrected chi connectivity index (χ2v) is 7.01. The summed E-state index contributed by atoms with van der Waals surface area (Å²) in [7, 11) is 0. The third kappa shape index (κ3) is 5.51. The molecule has 0 amide bonds. The topological polar surface area (TPSA) is 30.5 Å². The van der Waals surface area contributed by atoms with Gasteiger partial charge in [-0.1, -0.05) is 66.2 Å². The molecule has 3 aromatic rings. The smallest absolute Gasteiger partial charge is 0.161 e. The number of benzene rings is 3. The molecule has 0 heterocycles. The molecule has 0 saturated carbocycles. The van der Waals surface area contributed by atoms with E-state index in [4.69, 9.17) is 21.1 Å². The quantitative estimate of drug-likeness (QED) is 0.470.